The highest BCUT2D eigenvalue weighted by Gasteiger charge is 2.28. The average molecular weight is 291 g/mol. The number of hydrogen-bond acceptors (Lipinski definition) is 3. The number of rotatable bonds is 9. The number of nitrogens with zero attached hydrogens (tertiary/aromatic N) is 1. The summed E-state index contributed by atoms with van der Waals surface area (Å²) in [6, 6.07) is 4.54. The zero-order valence-electron chi connectivity index (χ0n) is 11.6. The highest BCUT2D eigenvalue weighted by atomic mass is 19.4. The van der Waals surface area contributed by atoms with Crippen LogP contribution in [0.25, 0.3) is 0 Å². The van der Waals surface area contributed by atoms with Crippen molar-refractivity contribution >= 4 is 0 Å². The van der Waals surface area contributed by atoms with Gasteiger partial charge in [0.15, 0.2) is 6.61 Å². The molecular weight excluding hydrogens is 271 g/mol. The molecule has 0 atom stereocenters. The van der Waals surface area contributed by atoms with E-state index in [0.717, 1.165) is 12.8 Å². The van der Waals surface area contributed by atoms with Crippen molar-refractivity contribution in [2.24, 2.45) is 0 Å². The Morgan fingerprint density at radius 2 is 1.65 bits per heavy atom. The first kappa shape index (κ1) is 16.6. The molecule has 0 amide bonds. The van der Waals surface area contributed by atoms with Crippen LogP contribution in [0.2, 0.25) is 0 Å². The van der Waals surface area contributed by atoms with E-state index in [1.54, 1.807) is 12.1 Å². The third-order valence-corrected chi connectivity index (χ3v) is 2.58. The van der Waals surface area contributed by atoms with E-state index in [1.807, 2.05) is 0 Å². The van der Waals surface area contributed by atoms with Gasteiger partial charge in [-0.15, -0.1) is 0 Å². The van der Waals surface area contributed by atoms with Gasteiger partial charge in [-0.3, -0.25) is 0 Å². The molecule has 20 heavy (non-hydrogen) atoms. The van der Waals surface area contributed by atoms with E-state index >= 15 is 0 Å². The number of hydrogen-bond donors (Lipinski definition) is 0. The maximum Gasteiger partial charge on any atom is 0.422 e. The van der Waals surface area contributed by atoms with E-state index in [1.165, 1.54) is 25.3 Å². The zero-order valence-corrected chi connectivity index (χ0v) is 11.6. The van der Waals surface area contributed by atoms with E-state index in [4.69, 9.17) is 4.74 Å². The van der Waals surface area contributed by atoms with Crippen molar-refractivity contribution < 1.29 is 22.6 Å². The van der Waals surface area contributed by atoms with Crippen LogP contribution in [0.15, 0.2) is 18.2 Å². The molecule has 0 fully saturated rings. The lowest BCUT2D eigenvalue weighted by Gasteiger charge is -2.10. The Labute approximate surface area is 117 Å². The Kier molecular flexibility index (Phi) is 7.18. The van der Waals surface area contributed by atoms with Crippen molar-refractivity contribution in [1.29, 1.82) is 0 Å². The van der Waals surface area contributed by atoms with Gasteiger partial charge in [0.2, 0.25) is 11.8 Å². The Balaban J connectivity index is 2.29. The normalized spacial score (nSPS) is 11.4. The van der Waals surface area contributed by atoms with Gasteiger partial charge in [-0.1, -0.05) is 38.7 Å². The molecule has 0 bridgehead atoms. The fourth-order valence-electron chi connectivity index (χ4n) is 1.59. The van der Waals surface area contributed by atoms with Crippen LogP contribution in [0.3, 0.4) is 0 Å². The van der Waals surface area contributed by atoms with Gasteiger partial charge in [-0.05, 0) is 6.42 Å². The first-order chi connectivity index (χ1) is 9.51. The standard InChI is InChI=1S/C14H20F3NO2/c1-2-3-4-5-6-10-19-12-8-7-9-13(18-12)20-11-14(15,16)17/h7-9H,2-6,10-11H2,1H3. The molecule has 0 aliphatic heterocycles. The second-order valence-corrected chi connectivity index (χ2v) is 4.48. The van der Waals surface area contributed by atoms with Crippen molar-refractivity contribution in [1.82, 2.24) is 4.98 Å². The number of ether oxygens (including phenoxy) is 2. The third-order valence-electron chi connectivity index (χ3n) is 2.58. The molecule has 114 valence electrons. The summed E-state index contributed by atoms with van der Waals surface area (Å²) in [5.74, 6) is 0.214. The molecule has 0 unspecified atom stereocenters. The first-order valence-corrected chi connectivity index (χ1v) is 6.80. The lowest BCUT2D eigenvalue weighted by atomic mass is 10.2. The number of unbranched alkanes of at least 4 members (excludes halogenated alkanes) is 4. The fourth-order valence-corrected chi connectivity index (χ4v) is 1.59. The van der Waals surface area contributed by atoms with Crippen molar-refractivity contribution in [3.05, 3.63) is 18.2 Å². The Morgan fingerprint density at radius 3 is 2.30 bits per heavy atom. The molecule has 1 aromatic rings. The monoisotopic (exact) mass is 291 g/mol. The molecule has 0 radical (unpaired) electrons. The number of aromatic nitrogens is 1. The van der Waals surface area contributed by atoms with Gasteiger partial charge in [-0.2, -0.15) is 18.2 Å². The van der Waals surface area contributed by atoms with Gasteiger partial charge in [-0.25, -0.2) is 0 Å². The lowest BCUT2D eigenvalue weighted by Crippen LogP contribution is -2.19. The van der Waals surface area contributed by atoms with Gasteiger partial charge in [0.05, 0.1) is 6.61 Å². The van der Waals surface area contributed by atoms with Crippen LogP contribution in [0.5, 0.6) is 11.8 Å². The Morgan fingerprint density at radius 1 is 1.00 bits per heavy atom. The van der Waals surface area contributed by atoms with Crippen LogP contribution in [0, 0.1) is 0 Å². The predicted molar refractivity (Wildman–Crippen MR) is 70.0 cm³/mol. The summed E-state index contributed by atoms with van der Waals surface area (Å²) in [6.45, 7) is 1.31. The van der Waals surface area contributed by atoms with E-state index in [0.29, 0.717) is 12.5 Å². The largest absolute Gasteiger partial charge is 0.478 e. The molecule has 1 heterocycles. The minimum atomic E-state index is -4.36. The second kappa shape index (κ2) is 8.66. The molecule has 3 nitrogen and oxygen atoms in total. The molecule has 0 spiro atoms. The van der Waals surface area contributed by atoms with Crippen LogP contribution >= 0.6 is 0 Å². The molecule has 1 aromatic heterocycles. The molecule has 0 saturated carbocycles. The summed E-state index contributed by atoms with van der Waals surface area (Å²) >= 11 is 0. The zero-order chi connectivity index (χ0) is 14.8. The van der Waals surface area contributed by atoms with Crippen LogP contribution in [-0.2, 0) is 0 Å². The number of pyridine rings is 1. The van der Waals surface area contributed by atoms with E-state index in [2.05, 4.69) is 16.6 Å². The predicted octanol–water partition coefficient (Wildman–Crippen LogP) is 4.37. The summed E-state index contributed by atoms with van der Waals surface area (Å²) in [7, 11) is 0. The van der Waals surface area contributed by atoms with E-state index in [9.17, 15) is 13.2 Å². The maximum absolute atomic E-state index is 12.0. The summed E-state index contributed by atoms with van der Waals surface area (Å²) in [5, 5.41) is 0. The first-order valence-electron chi connectivity index (χ1n) is 6.80. The maximum atomic E-state index is 12.0. The molecule has 6 heteroatoms. The summed E-state index contributed by atoms with van der Waals surface area (Å²) in [4.78, 5) is 3.87. The van der Waals surface area contributed by atoms with E-state index < -0.39 is 12.8 Å². The third kappa shape index (κ3) is 7.86. The minimum absolute atomic E-state index is 0.0780. The number of alkyl halides is 3. The van der Waals surface area contributed by atoms with E-state index in [-0.39, 0.29) is 5.88 Å². The summed E-state index contributed by atoms with van der Waals surface area (Å²) in [6.07, 6.45) is 1.19. The molecule has 0 aromatic carbocycles. The van der Waals surface area contributed by atoms with Crippen LogP contribution in [-0.4, -0.2) is 24.4 Å². The quantitative estimate of drug-likeness (QED) is 0.633. The van der Waals surface area contributed by atoms with Crippen LogP contribution in [0.4, 0.5) is 13.2 Å². The highest BCUT2D eigenvalue weighted by Crippen LogP contribution is 2.19. The van der Waals surface area contributed by atoms with Gasteiger partial charge in [0, 0.05) is 12.1 Å². The fraction of sp³-hybridized carbons (Fsp3) is 0.643. The molecule has 0 aliphatic rings. The summed E-state index contributed by atoms with van der Waals surface area (Å²) in [5.41, 5.74) is 0. The lowest BCUT2D eigenvalue weighted by molar-refractivity contribution is -0.154. The molecular formula is C14H20F3NO2. The SMILES string of the molecule is CCCCCCCOc1cccc(OCC(F)(F)F)n1. The molecule has 0 N–H and O–H groups in total. The van der Waals surface area contributed by atoms with Crippen molar-refractivity contribution in [3.8, 4) is 11.8 Å². The van der Waals surface area contributed by atoms with Crippen molar-refractivity contribution in [2.45, 2.75) is 45.2 Å². The smallest absolute Gasteiger partial charge is 0.422 e. The topological polar surface area (TPSA) is 31.4 Å². The van der Waals surface area contributed by atoms with Gasteiger partial charge in [0.25, 0.3) is 0 Å². The van der Waals surface area contributed by atoms with Gasteiger partial charge >= 0.3 is 6.18 Å². The average Bonchev–Trinajstić information content (AvgIpc) is 2.40. The van der Waals surface area contributed by atoms with Gasteiger partial charge in [0.1, 0.15) is 0 Å². The van der Waals surface area contributed by atoms with Crippen LogP contribution < -0.4 is 9.47 Å². The highest BCUT2D eigenvalue weighted by molar-refractivity contribution is 5.19. The van der Waals surface area contributed by atoms with Crippen molar-refractivity contribution in [3.63, 3.8) is 0 Å². The van der Waals surface area contributed by atoms with Crippen molar-refractivity contribution in [2.75, 3.05) is 13.2 Å². The molecule has 1 rings (SSSR count). The molecule has 0 saturated heterocycles. The van der Waals surface area contributed by atoms with Crippen LogP contribution in [0.1, 0.15) is 39.0 Å². The second-order valence-electron chi connectivity index (χ2n) is 4.48. The summed E-state index contributed by atoms with van der Waals surface area (Å²) < 4.78 is 46.0. The Bertz CT molecular complexity index is 383. The molecule has 0 aliphatic carbocycles. The Hall–Kier alpha value is -1.46. The van der Waals surface area contributed by atoms with Gasteiger partial charge < -0.3 is 9.47 Å². The minimum Gasteiger partial charge on any atom is -0.478 e. The number of halogens is 3.